The number of unbranched alkanes of at least 4 members (excludes halogenated alkanes) is 2. The number of aliphatic carboxylic acids is 1. The predicted molar refractivity (Wildman–Crippen MR) is 244 cm³/mol. The summed E-state index contributed by atoms with van der Waals surface area (Å²) in [6.45, 7) is 23.9. The van der Waals surface area contributed by atoms with Gasteiger partial charge in [-0.15, -0.1) is 0 Å². The van der Waals surface area contributed by atoms with Crippen molar-refractivity contribution in [3.63, 3.8) is 0 Å². The maximum absolute atomic E-state index is 14.1. The number of carbonyl (C=O) groups excluding carboxylic acids is 6. The second-order valence-corrected chi connectivity index (χ2v) is 19.9. The maximum Gasteiger partial charge on any atom is 0.407 e. The molecule has 0 heterocycles. The third-order valence-corrected chi connectivity index (χ3v) is 9.16. The lowest BCUT2D eigenvalue weighted by Crippen LogP contribution is -2.59. The van der Waals surface area contributed by atoms with Gasteiger partial charge in [0.1, 0.15) is 46.7 Å². The molecule has 0 aliphatic heterocycles. The fourth-order valence-corrected chi connectivity index (χ4v) is 6.16. The van der Waals surface area contributed by atoms with Crippen molar-refractivity contribution in [2.24, 2.45) is 17.6 Å². The first-order chi connectivity index (χ1) is 29.5. The Hall–Kier alpha value is -5.13. The summed E-state index contributed by atoms with van der Waals surface area (Å²) in [5, 5.41) is 26.2. The van der Waals surface area contributed by atoms with Crippen molar-refractivity contribution in [3.8, 4) is 5.75 Å². The van der Waals surface area contributed by atoms with Crippen LogP contribution in [0.15, 0.2) is 24.3 Å². The number of carboxylic acids is 1. The standard InChI is InChI=1S/C46H79N7O11/c1-28(2)26-34(39(56)52-35(41(58)59)27-30-20-22-31(23-21-30)62-44(5,6)7)51-38(55)33(19-15-17-25-49-43(61)64-46(11,12)13)50-40(57)36(29(3)4)53-37(54)32(47)18-14-16-24-48-42(60)63-45(8,9)10/h20-23,28-29,32-36H,14-19,24-27,47H2,1-13H3,(H,48,60)(H,49,61)(H,50,57)(H,51,55)(H,52,56)(H,53,54)(H,58,59)/t32-,33-,34-,35-,36-/m0/s1. The van der Waals surface area contributed by atoms with E-state index in [1.165, 1.54) is 0 Å². The van der Waals surface area contributed by atoms with E-state index < -0.39 is 94.7 Å². The predicted octanol–water partition coefficient (Wildman–Crippen LogP) is 4.85. The van der Waals surface area contributed by atoms with Crippen molar-refractivity contribution in [2.75, 3.05) is 13.1 Å². The molecule has 1 rings (SSSR count). The average Bonchev–Trinajstić information content (AvgIpc) is 3.13. The summed E-state index contributed by atoms with van der Waals surface area (Å²) in [5.41, 5.74) is 5.08. The van der Waals surface area contributed by atoms with Gasteiger partial charge in [0.2, 0.25) is 23.6 Å². The van der Waals surface area contributed by atoms with Crippen LogP contribution in [0.4, 0.5) is 9.59 Å². The van der Waals surface area contributed by atoms with Crippen molar-refractivity contribution in [3.05, 3.63) is 29.8 Å². The summed E-state index contributed by atoms with van der Waals surface area (Å²) in [6, 6.07) is 1.18. The summed E-state index contributed by atoms with van der Waals surface area (Å²) in [5.74, 6) is -3.82. The fourth-order valence-electron chi connectivity index (χ4n) is 6.16. The smallest absolute Gasteiger partial charge is 0.407 e. The number of nitrogens with two attached hydrogens (primary N) is 1. The van der Waals surface area contributed by atoms with Gasteiger partial charge in [0.05, 0.1) is 6.04 Å². The van der Waals surface area contributed by atoms with Gasteiger partial charge in [-0.05, 0) is 137 Å². The highest BCUT2D eigenvalue weighted by Gasteiger charge is 2.33. The summed E-state index contributed by atoms with van der Waals surface area (Å²) in [7, 11) is 0. The average molecular weight is 906 g/mol. The molecule has 1 aromatic carbocycles. The highest BCUT2D eigenvalue weighted by atomic mass is 16.6. The first kappa shape index (κ1) is 56.9. The van der Waals surface area contributed by atoms with Gasteiger partial charge in [-0.2, -0.15) is 0 Å². The minimum absolute atomic E-state index is 0.0352. The Bertz CT molecular complexity index is 1670. The molecule has 18 heteroatoms. The van der Waals surface area contributed by atoms with Crippen LogP contribution >= 0.6 is 0 Å². The number of carbonyl (C=O) groups is 7. The van der Waals surface area contributed by atoms with Crippen molar-refractivity contribution < 1.29 is 52.9 Å². The fraction of sp³-hybridized carbons (Fsp3) is 0.717. The molecule has 9 N–H and O–H groups in total. The molecule has 0 fully saturated rings. The molecule has 64 heavy (non-hydrogen) atoms. The minimum atomic E-state index is -1.32. The minimum Gasteiger partial charge on any atom is -0.488 e. The Labute approximate surface area is 380 Å². The van der Waals surface area contributed by atoms with E-state index in [1.54, 1.807) is 79.7 Å². The largest absolute Gasteiger partial charge is 0.488 e. The third kappa shape index (κ3) is 25.2. The van der Waals surface area contributed by atoms with E-state index in [0.29, 0.717) is 43.5 Å². The molecule has 1 aromatic rings. The lowest BCUT2D eigenvalue weighted by molar-refractivity contribution is -0.142. The molecule has 0 aliphatic carbocycles. The van der Waals surface area contributed by atoms with Crippen LogP contribution in [0.5, 0.6) is 5.75 Å². The lowest BCUT2D eigenvalue weighted by Gasteiger charge is -2.28. The molecule has 0 aliphatic rings. The van der Waals surface area contributed by atoms with Crippen LogP contribution in [0.1, 0.15) is 141 Å². The highest BCUT2D eigenvalue weighted by molar-refractivity contribution is 5.95. The van der Waals surface area contributed by atoms with Crippen LogP contribution in [0.25, 0.3) is 0 Å². The Morgan fingerprint density at radius 2 is 1.06 bits per heavy atom. The molecule has 5 atom stereocenters. The molecule has 0 radical (unpaired) electrons. The number of benzene rings is 1. The van der Waals surface area contributed by atoms with Crippen molar-refractivity contribution in [1.82, 2.24) is 31.9 Å². The second-order valence-electron chi connectivity index (χ2n) is 19.9. The topological polar surface area (TPSA) is 266 Å². The highest BCUT2D eigenvalue weighted by Crippen LogP contribution is 2.20. The molecule has 0 saturated carbocycles. The van der Waals surface area contributed by atoms with Gasteiger partial charge in [0.25, 0.3) is 0 Å². The quantitative estimate of drug-likeness (QED) is 0.0613. The zero-order valence-corrected chi connectivity index (χ0v) is 40.5. The van der Waals surface area contributed by atoms with Gasteiger partial charge in [0, 0.05) is 19.5 Å². The summed E-state index contributed by atoms with van der Waals surface area (Å²) in [4.78, 5) is 91.5. The van der Waals surface area contributed by atoms with Crippen LogP contribution in [-0.2, 0) is 39.9 Å². The Morgan fingerprint density at radius 3 is 1.52 bits per heavy atom. The molecule has 0 unspecified atom stereocenters. The maximum atomic E-state index is 14.1. The molecule has 0 aromatic heterocycles. The summed E-state index contributed by atoms with van der Waals surface area (Å²) < 4.78 is 16.4. The SMILES string of the molecule is CC(C)C[C@H](NC(=O)[C@H](CCCCNC(=O)OC(C)(C)C)NC(=O)[C@@H](NC(=O)[C@@H](N)CCCCNC(=O)OC(C)(C)C)C(C)C)C(=O)N[C@@H](Cc1ccc(OC(C)(C)C)cc1)C(=O)O. The van der Waals surface area contributed by atoms with E-state index in [4.69, 9.17) is 19.9 Å². The van der Waals surface area contributed by atoms with Crippen LogP contribution in [0.3, 0.4) is 0 Å². The molecule has 0 bridgehead atoms. The van der Waals surface area contributed by atoms with Crippen molar-refractivity contribution in [2.45, 2.75) is 188 Å². The molecule has 18 nitrogen and oxygen atoms in total. The Balaban J connectivity index is 3.17. The van der Waals surface area contributed by atoms with Gasteiger partial charge in [0.15, 0.2) is 0 Å². The van der Waals surface area contributed by atoms with E-state index in [9.17, 15) is 38.7 Å². The van der Waals surface area contributed by atoms with Crippen molar-refractivity contribution in [1.29, 1.82) is 0 Å². The van der Waals surface area contributed by atoms with Crippen LogP contribution in [-0.4, -0.2) is 107 Å². The number of carboxylic acid groups (broad SMARTS) is 1. The molecule has 364 valence electrons. The normalized spacial score (nSPS) is 14.2. The third-order valence-electron chi connectivity index (χ3n) is 9.16. The monoisotopic (exact) mass is 906 g/mol. The zero-order valence-electron chi connectivity index (χ0n) is 40.5. The van der Waals surface area contributed by atoms with Gasteiger partial charge in [-0.3, -0.25) is 19.2 Å². The first-order valence-electron chi connectivity index (χ1n) is 22.4. The van der Waals surface area contributed by atoms with Crippen LogP contribution < -0.4 is 42.4 Å². The number of ether oxygens (including phenoxy) is 3. The molecule has 6 amide bonds. The van der Waals surface area contributed by atoms with Gasteiger partial charge in [-0.25, -0.2) is 14.4 Å². The summed E-state index contributed by atoms with van der Waals surface area (Å²) >= 11 is 0. The number of nitrogens with one attached hydrogen (secondary N) is 6. The van der Waals surface area contributed by atoms with Gasteiger partial charge >= 0.3 is 18.2 Å². The molecular formula is C46H79N7O11. The van der Waals surface area contributed by atoms with Crippen LogP contribution in [0, 0.1) is 11.8 Å². The Morgan fingerprint density at radius 1 is 0.594 bits per heavy atom. The zero-order chi connectivity index (χ0) is 49.0. The van der Waals surface area contributed by atoms with E-state index in [0.717, 1.165) is 0 Å². The van der Waals surface area contributed by atoms with E-state index in [1.807, 2.05) is 34.6 Å². The van der Waals surface area contributed by atoms with E-state index in [2.05, 4.69) is 31.9 Å². The Kier molecular flexibility index (Phi) is 23.7. The van der Waals surface area contributed by atoms with Gasteiger partial charge in [-0.1, -0.05) is 39.8 Å². The number of hydrogen-bond donors (Lipinski definition) is 8. The van der Waals surface area contributed by atoms with E-state index >= 15 is 0 Å². The van der Waals surface area contributed by atoms with Crippen molar-refractivity contribution >= 4 is 41.8 Å². The second kappa shape index (κ2) is 26.6. The number of hydrogen-bond acceptors (Lipinski definition) is 11. The van der Waals surface area contributed by atoms with Gasteiger partial charge < -0.3 is 57.0 Å². The molecule has 0 spiro atoms. The molecular weight excluding hydrogens is 827 g/mol. The lowest BCUT2D eigenvalue weighted by atomic mass is 9.99. The van der Waals surface area contributed by atoms with E-state index in [-0.39, 0.29) is 38.1 Å². The first-order valence-corrected chi connectivity index (χ1v) is 22.4. The molecule has 0 saturated heterocycles. The number of alkyl carbamates (subject to hydrolysis) is 2. The number of amides is 6. The number of rotatable bonds is 25. The summed E-state index contributed by atoms with van der Waals surface area (Å²) in [6.07, 6.45) is 1.14. The van der Waals surface area contributed by atoms with Crippen LogP contribution in [0.2, 0.25) is 0 Å².